The average Bonchev–Trinajstić information content (AvgIpc) is 2.93. The molecule has 6 nitrogen and oxygen atoms in total. The van der Waals surface area contributed by atoms with E-state index in [0.29, 0.717) is 5.92 Å². The highest BCUT2D eigenvalue weighted by Gasteiger charge is 2.26. The van der Waals surface area contributed by atoms with Crippen LogP contribution < -0.4 is 5.32 Å². The van der Waals surface area contributed by atoms with E-state index in [1.807, 2.05) is 16.5 Å². The van der Waals surface area contributed by atoms with E-state index in [1.165, 1.54) is 12.8 Å². The molecule has 2 N–H and O–H groups in total. The summed E-state index contributed by atoms with van der Waals surface area (Å²) in [6.45, 7) is 0. The molecule has 3 heterocycles. The number of aromatic nitrogens is 5. The van der Waals surface area contributed by atoms with Gasteiger partial charge in [0.2, 0.25) is 5.95 Å². The maximum atomic E-state index is 4.62. The Labute approximate surface area is 103 Å². The summed E-state index contributed by atoms with van der Waals surface area (Å²) in [7, 11) is 0. The van der Waals surface area contributed by atoms with Crippen LogP contribution >= 0.6 is 0 Å². The summed E-state index contributed by atoms with van der Waals surface area (Å²) in [5, 5.41) is 9.95. The molecule has 0 aromatic carbocycles. The van der Waals surface area contributed by atoms with Crippen LogP contribution in [0.25, 0.3) is 5.65 Å². The lowest BCUT2D eigenvalue weighted by atomic mass is 10.3. The predicted molar refractivity (Wildman–Crippen MR) is 66.8 cm³/mol. The Morgan fingerprint density at radius 1 is 1.28 bits per heavy atom. The van der Waals surface area contributed by atoms with Crippen LogP contribution in [-0.2, 0) is 0 Å². The maximum absolute atomic E-state index is 4.62. The molecule has 4 rings (SSSR count). The first-order valence-corrected chi connectivity index (χ1v) is 6.00. The SMILES string of the molecule is c1cc(Nc2nccc3nc(C4CC4)cn23)[nH]n1. The van der Waals surface area contributed by atoms with Crippen molar-refractivity contribution in [1.82, 2.24) is 24.6 Å². The summed E-state index contributed by atoms with van der Waals surface area (Å²) in [5.41, 5.74) is 2.09. The third-order valence-corrected chi connectivity index (χ3v) is 3.14. The minimum atomic E-state index is 0.643. The van der Waals surface area contributed by atoms with Gasteiger partial charge < -0.3 is 5.32 Å². The number of aromatic amines is 1. The Bertz CT molecular complexity index is 680. The number of hydrogen-bond acceptors (Lipinski definition) is 4. The fourth-order valence-corrected chi connectivity index (χ4v) is 2.05. The Morgan fingerprint density at radius 3 is 3.00 bits per heavy atom. The number of fused-ring (bicyclic) bond motifs is 1. The van der Waals surface area contributed by atoms with Crippen LogP contribution in [0.5, 0.6) is 0 Å². The number of nitrogens with one attached hydrogen (secondary N) is 2. The predicted octanol–water partition coefficient (Wildman–Crippen LogP) is 2.07. The van der Waals surface area contributed by atoms with Gasteiger partial charge >= 0.3 is 0 Å². The zero-order valence-corrected chi connectivity index (χ0v) is 9.67. The molecule has 0 spiro atoms. The van der Waals surface area contributed by atoms with E-state index < -0.39 is 0 Å². The highest BCUT2D eigenvalue weighted by Crippen LogP contribution is 2.39. The smallest absolute Gasteiger partial charge is 0.214 e. The van der Waals surface area contributed by atoms with Gasteiger partial charge in [-0.1, -0.05) is 0 Å². The molecule has 0 radical (unpaired) electrons. The molecule has 18 heavy (non-hydrogen) atoms. The highest BCUT2D eigenvalue weighted by molar-refractivity contribution is 5.53. The molecular formula is C12H12N6. The summed E-state index contributed by atoms with van der Waals surface area (Å²) in [4.78, 5) is 8.96. The summed E-state index contributed by atoms with van der Waals surface area (Å²) in [6.07, 6.45) is 8.03. The van der Waals surface area contributed by atoms with Gasteiger partial charge in [0.25, 0.3) is 0 Å². The Kier molecular flexibility index (Phi) is 1.91. The zero-order chi connectivity index (χ0) is 11.9. The van der Waals surface area contributed by atoms with E-state index in [2.05, 4.69) is 31.7 Å². The quantitative estimate of drug-likeness (QED) is 0.735. The number of H-pyrrole nitrogens is 1. The van der Waals surface area contributed by atoms with Gasteiger partial charge in [-0.15, -0.1) is 0 Å². The van der Waals surface area contributed by atoms with Gasteiger partial charge in [0.05, 0.1) is 11.9 Å². The first kappa shape index (κ1) is 9.64. The van der Waals surface area contributed by atoms with Gasteiger partial charge in [0.1, 0.15) is 11.5 Å². The summed E-state index contributed by atoms with van der Waals surface area (Å²) in [6, 6.07) is 3.78. The van der Waals surface area contributed by atoms with Crippen molar-refractivity contribution in [3.05, 3.63) is 36.4 Å². The molecule has 0 amide bonds. The van der Waals surface area contributed by atoms with E-state index in [4.69, 9.17) is 0 Å². The van der Waals surface area contributed by atoms with Gasteiger partial charge in [-0.05, 0) is 18.9 Å². The van der Waals surface area contributed by atoms with E-state index >= 15 is 0 Å². The van der Waals surface area contributed by atoms with Gasteiger partial charge in [-0.25, -0.2) is 9.97 Å². The molecule has 90 valence electrons. The topological polar surface area (TPSA) is 70.9 Å². The van der Waals surface area contributed by atoms with Crippen molar-refractivity contribution in [2.24, 2.45) is 0 Å². The second kappa shape index (κ2) is 3.56. The fraction of sp³-hybridized carbons (Fsp3) is 0.250. The monoisotopic (exact) mass is 240 g/mol. The first-order chi connectivity index (χ1) is 8.90. The van der Waals surface area contributed by atoms with Gasteiger partial charge in [0, 0.05) is 24.4 Å². The number of imidazole rings is 1. The number of hydrogen-bond donors (Lipinski definition) is 2. The van der Waals surface area contributed by atoms with Crippen LogP contribution in [0, 0.1) is 0 Å². The molecule has 3 aromatic rings. The maximum Gasteiger partial charge on any atom is 0.214 e. The number of anilines is 2. The summed E-state index contributed by atoms with van der Waals surface area (Å²) < 4.78 is 1.98. The third-order valence-electron chi connectivity index (χ3n) is 3.14. The lowest BCUT2D eigenvalue weighted by Gasteiger charge is -2.04. The molecule has 3 aromatic heterocycles. The molecule has 6 heteroatoms. The molecule has 0 atom stereocenters. The van der Waals surface area contributed by atoms with Crippen LogP contribution in [0.4, 0.5) is 11.8 Å². The van der Waals surface area contributed by atoms with Crippen LogP contribution in [0.3, 0.4) is 0 Å². The average molecular weight is 240 g/mol. The van der Waals surface area contributed by atoms with Crippen molar-refractivity contribution in [2.75, 3.05) is 5.32 Å². The van der Waals surface area contributed by atoms with Gasteiger partial charge in [-0.2, -0.15) is 5.10 Å². The van der Waals surface area contributed by atoms with Crippen LogP contribution in [0.1, 0.15) is 24.5 Å². The molecule has 1 fully saturated rings. The van der Waals surface area contributed by atoms with Gasteiger partial charge in [0.15, 0.2) is 0 Å². The van der Waals surface area contributed by atoms with Crippen molar-refractivity contribution in [1.29, 1.82) is 0 Å². The lowest BCUT2D eigenvalue weighted by molar-refractivity contribution is 1.04. The van der Waals surface area contributed by atoms with E-state index in [1.54, 1.807) is 12.4 Å². The highest BCUT2D eigenvalue weighted by atomic mass is 15.2. The van der Waals surface area contributed by atoms with E-state index in [9.17, 15) is 0 Å². The second-order valence-corrected chi connectivity index (χ2v) is 4.53. The van der Waals surface area contributed by atoms with Crippen LogP contribution in [0.15, 0.2) is 30.7 Å². The summed E-state index contributed by atoms with van der Waals surface area (Å²) >= 11 is 0. The fourth-order valence-electron chi connectivity index (χ4n) is 2.05. The van der Waals surface area contributed by atoms with Crippen molar-refractivity contribution in [3.63, 3.8) is 0 Å². The Hall–Kier alpha value is -2.37. The minimum absolute atomic E-state index is 0.643. The first-order valence-electron chi connectivity index (χ1n) is 6.00. The van der Waals surface area contributed by atoms with Crippen LogP contribution in [0.2, 0.25) is 0 Å². The lowest BCUT2D eigenvalue weighted by Crippen LogP contribution is -2.00. The standard InChI is InChI=1S/C12H12N6/c1-2-8(1)9-7-18-11(15-9)4-5-13-12(18)16-10-3-6-14-17-10/h3-8H,1-2H2,(H2,13,14,16,17). The van der Waals surface area contributed by atoms with Crippen molar-refractivity contribution < 1.29 is 0 Å². The third kappa shape index (κ3) is 1.54. The largest absolute Gasteiger partial charge is 0.310 e. The molecule has 0 bridgehead atoms. The van der Waals surface area contributed by atoms with Crippen LogP contribution in [-0.4, -0.2) is 24.6 Å². The van der Waals surface area contributed by atoms with E-state index in [-0.39, 0.29) is 0 Å². The molecular weight excluding hydrogens is 228 g/mol. The minimum Gasteiger partial charge on any atom is -0.310 e. The molecule has 0 aliphatic heterocycles. The molecule has 0 unspecified atom stereocenters. The second-order valence-electron chi connectivity index (χ2n) is 4.53. The van der Waals surface area contributed by atoms with Crippen molar-refractivity contribution >= 4 is 17.4 Å². The Morgan fingerprint density at radius 2 is 2.22 bits per heavy atom. The molecule has 1 aliphatic rings. The zero-order valence-electron chi connectivity index (χ0n) is 9.67. The molecule has 0 saturated heterocycles. The summed E-state index contributed by atoms with van der Waals surface area (Å²) in [5.74, 6) is 2.21. The Balaban J connectivity index is 1.79. The number of rotatable bonds is 3. The van der Waals surface area contributed by atoms with E-state index in [0.717, 1.165) is 23.1 Å². The molecule has 1 saturated carbocycles. The van der Waals surface area contributed by atoms with Crippen molar-refractivity contribution in [2.45, 2.75) is 18.8 Å². The van der Waals surface area contributed by atoms with Crippen molar-refractivity contribution in [3.8, 4) is 0 Å². The molecule has 1 aliphatic carbocycles. The van der Waals surface area contributed by atoms with Gasteiger partial charge in [-0.3, -0.25) is 9.50 Å². The number of nitrogens with zero attached hydrogens (tertiary/aromatic N) is 4. The normalized spacial score (nSPS) is 15.1.